The Balaban J connectivity index is 1.72. The van der Waals surface area contributed by atoms with Gasteiger partial charge in [0.05, 0.1) is 7.11 Å². The molecule has 5 heteroatoms. The summed E-state index contributed by atoms with van der Waals surface area (Å²) in [6.07, 6.45) is 4.93. The molecule has 0 saturated heterocycles. The predicted molar refractivity (Wildman–Crippen MR) is 91.4 cm³/mol. The molecule has 3 aliphatic carbocycles. The van der Waals surface area contributed by atoms with E-state index in [1.807, 2.05) is 0 Å². The summed E-state index contributed by atoms with van der Waals surface area (Å²) in [5.74, 6) is 2.39. The second kappa shape index (κ2) is 5.50. The highest BCUT2D eigenvalue weighted by atomic mass is 16.5. The summed E-state index contributed by atoms with van der Waals surface area (Å²) >= 11 is 0. The third-order valence-electron chi connectivity index (χ3n) is 6.77. The molecule has 4 rings (SSSR count). The van der Waals surface area contributed by atoms with Gasteiger partial charge in [-0.15, -0.1) is 0 Å². The number of rotatable bonds is 1. The van der Waals surface area contributed by atoms with Crippen LogP contribution in [0.2, 0.25) is 0 Å². The van der Waals surface area contributed by atoms with Crippen molar-refractivity contribution in [2.75, 3.05) is 7.11 Å². The summed E-state index contributed by atoms with van der Waals surface area (Å²) in [5, 5.41) is 25.7. The minimum atomic E-state index is -0.179. The zero-order valence-corrected chi connectivity index (χ0v) is 14.2. The predicted octanol–water partition coefficient (Wildman–Crippen LogP) is 3.82. The van der Waals surface area contributed by atoms with Crippen LogP contribution in [0, 0.1) is 17.3 Å². The quantitative estimate of drug-likeness (QED) is 0.608. The van der Waals surface area contributed by atoms with E-state index in [-0.39, 0.29) is 5.41 Å². The van der Waals surface area contributed by atoms with Gasteiger partial charge in [-0.2, -0.15) is 0 Å². The highest BCUT2D eigenvalue weighted by molar-refractivity contribution is 6.46. The normalized spacial score (nSPS) is 37.8. The first-order valence-corrected chi connectivity index (χ1v) is 8.73. The van der Waals surface area contributed by atoms with Crippen LogP contribution < -0.4 is 4.74 Å². The number of hydrogen-bond donors (Lipinski definition) is 2. The van der Waals surface area contributed by atoms with Gasteiger partial charge in [-0.25, -0.2) is 0 Å². The van der Waals surface area contributed by atoms with Crippen molar-refractivity contribution in [3.05, 3.63) is 29.3 Å². The molecule has 2 saturated carbocycles. The van der Waals surface area contributed by atoms with Gasteiger partial charge in [0.1, 0.15) is 17.2 Å². The fourth-order valence-corrected chi connectivity index (χ4v) is 5.57. The van der Waals surface area contributed by atoms with Gasteiger partial charge in [0.25, 0.3) is 0 Å². The first-order chi connectivity index (χ1) is 11.6. The molecule has 0 aliphatic heterocycles. The summed E-state index contributed by atoms with van der Waals surface area (Å²) in [7, 11) is 1.71. The third-order valence-corrected chi connectivity index (χ3v) is 6.77. The lowest BCUT2D eigenvalue weighted by molar-refractivity contribution is 0.0963. The molecule has 24 heavy (non-hydrogen) atoms. The molecule has 1 aromatic rings. The lowest BCUT2D eigenvalue weighted by Gasteiger charge is -2.48. The third kappa shape index (κ3) is 2.00. The van der Waals surface area contributed by atoms with Crippen molar-refractivity contribution in [3.63, 3.8) is 0 Å². The number of nitrogens with zero attached hydrogens (tertiary/aromatic N) is 2. The van der Waals surface area contributed by atoms with E-state index in [9.17, 15) is 10.4 Å². The number of ether oxygens (including phenoxy) is 1. The largest absolute Gasteiger partial charge is 0.497 e. The van der Waals surface area contributed by atoms with Crippen LogP contribution >= 0.6 is 0 Å². The zero-order chi connectivity index (χ0) is 16.9. The molecule has 3 aliphatic rings. The van der Waals surface area contributed by atoms with Crippen LogP contribution in [0.4, 0.5) is 0 Å². The summed E-state index contributed by atoms with van der Waals surface area (Å²) in [6, 6.07) is 6.46. The van der Waals surface area contributed by atoms with Crippen LogP contribution in [0.25, 0.3) is 0 Å². The van der Waals surface area contributed by atoms with Crippen LogP contribution in [0.5, 0.6) is 5.75 Å². The molecule has 0 radical (unpaired) electrons. The second-order valence-corrected chi connectivity index (χ2v) is 7.64. The van der Waals surface area contributed by atoms with Crippen LogP contribution in [0.1, 0.15) is 49.7 Å². The van der Waals surface area contributed by atoms with E-state index in [1.54, 1.807) is 7.11 Å². The summed E-state index contributed by atoms with van der Waals surface area (Å²) < 4.78 is 5.37. The molecular weight excluding hydrogens is 304 g/mol. The molecule has 0 bridgehead atoms. The Bertz CT molecular complexity index is 727. The van der Waals surface area contributed by atoms with Crippen molar-refractivity contribution >= 4 is 11.4 Å². The lowest BCUT2D eigenvalue weighted by Crippen LogP contribution is -2.42. The van der Waals surface area contributed by atoms with Crippen molar-refractivity contribution in [1.29, 1.82) is 0 Å². The number of fused-ring (bicyclic) bond motifs is 5. The van der Waals surface area contributed by atoms with Gasteiger partial charge in [-0.05, 0) is 73.1 Å². The van der Waals surface area contributed by atoms with Crippen LogP contribution in [-0.4, -0.2) is 28.9 Å². The van der Waals surface area contributed by atoms with Crippen LogP contribution in [0.15, 0.2) is 28.5 Å². The van der Waals surface area contributed by atoms with Gasteiger partial charge in [-0.1, -0.05) is 23.3 Å². The van der Waals surface area contributed by atoms with Gasteiger partial charge in [0, 0.05) is 5.41 Å². The first kappa shape index (κ1) is 15.5. The Morgan fingerprint density at radius 3 is 2.75 bits per heavy atom. The summed E-state index contributed by atoms with van der Waals surface area (Å²) in [4.78, 5) is 0. The highest BCUT2D eigenvalue weighted by Gasteiger charge is 2.56. The van der Waals surface area contributed by atoms with Crippen LogP contribution in [-0.2, 0) is 6.42 Å². The maximum atomic E-state index is 9.47. The Labute approximate surface area is 142 Å². The van der Waals surface area contributed by atoms with Crippen molar-refractivity contribution in [2.45, 2.75) is 44.9 Å². The molecule has 2 N–H and O–H groups in total. The Hall–Kier alpha value is -2.04. The molecule has 0 amide bonds. The highest BCUT2D eigenvalue weighted by Crippen LogP contribution is 2.59. The monoisotopic (exact) mass is 328 g/mol. The zero-order valence-electron chi connectivity index (χ0n) is 14.2. The number of methoxy groups -OCH3 is 1. The summed E-state index contributed by atoms with van der Waals surface area (Å²) in [5.41, 5.74) is 3.83. The van der Waals surface area contributed by atoms with Crippen molar-refractivity contribution in [2.24, 2.45) is 27.6 Å². The van der Waals surface area contributed by atoms with E-state index in [4.69, 9.17) is 4.74 Å². The lowest BCUT2D eigenvalue weighted by atomic mass is 9.55. The average molecular weight is 328 g/mol. The van der Waals surface area contributed by atoms with Gasteiger partial charge in [0.2, 0.25) is 0 Å². The molecule has 0 spiro atoms. The molecule has 5 nitrogen and oxygen atoms in total. The van der Waals surface area contributed by atoms with Gasteiger partial charge >= 0.3 is 0 Å². The van der Waals surface area contributed by atoms with Crippen LogP contribution in [0.3, 0.4) is 0 Å². The van der Waals surface area contributed by atoms with Crippen molar-refractivity contribution < 1.29 is 15.2 Å². The SMILES string of the molecule is COc1ccc2c(c1)CC[C@@H]1C2CC[C@]2(C)C(=NO)C(=NO)CC12. The molecule has 4 atom stereocenters. The maximum Gasteiger partial charge on any atom is 0.119 e. The smallest absolute Gasteiger partial charge is 0.119 e. The van der Waals surface area contributed by atoms with E-state index in [0.717, 1.165) is 31.4 Å². The maximum absolute atomic E-state index is 9.47. The molecule has 0 heterocycles. The Morgan fingerprint density at radius 1 is 1.21 bits per heavy atom. The van der Waals surface area contributed by atoms with E-state index in [2.05, 4.69) is 35.4 Å². The Morgan fingerprint density at radius 2 is 2.04 bits per heavy atom. The molecule has 128 valence electrons. The van der Waals surface area contributed by atoms with Gasteiger partial charge < -0.3 is 15.2 Å². The second-order valence-electron chi connectivity index (χ2n) is 7.64. The molecular formula is C19H24N2O3. The number of oxime groups is 2. The van der Waals surface area contributed by atoms with E-state index < -0.39 is 0 Å². The standard InChI is InChI=1S/C19H24N2O3/c1-19-8-7-14-13-6-4-12(24-2)9-11(13)3-5-15(14)16(19)10-17(20-22)18(19)21-23/h4,6,9,14-16,22-23H,3,5,7-8,10H2,1-2H3/t14?,15-,16?,19+/m1/s1. The topological polar surface area (TPSA) is 74.4 Å². The van der Waals surface area contributed by atoms with Crippen molar-refractivity contribution in [1.82, 2.24) is 0 Å². The van der Waals surface area contributed by atoms with E-state index >= 15 is 0 Å². The number of hydrogen-bond acceptors (Lipinski definition) is 5. The number of aryl methyl sites for hydroxylation is 1. The minimum Gasteiger partial charge on any atom is -0.497 e. The Kier molecular flexibility index (Phi) is 3.55. The van der Waals surface area contributed by atoms with E-state index in [0.29, 0.717) is 35.6 Å². The molecule has 2 unspecified atom stereocenters. The minimum absolute atomic E-state index is 0.179. The first-order valence-electron chi connectivity index (χ1n) is 8.73. The molecule has 0 aromatic heterocycles. The molecule has 2 fully saturated rings. The number of benzene rings is 1. The summed E-state index contributed by atoms with van der Waals surface area (Å²) in [6.45, 7) is 2.17. The van der Waals surface area contributed by atoms with Crippen molar-refractivity contribution in [3.8, 4) is 5.75 Å². The fraction of sp³-hybridized carbons (Fsp3) is 0.579. The van der Waals surface area contributed by atoms with Gasteiger partial charge in [0.15, 0.2) is 0 Å². The fourth-order valence-electron chi connectivity index (χ4n) is 5.57. The average Bonchev–Trinajstić information content (AvgIpc) is 2.92. The molecule has 1 aromatic carbocycles. The van der Waals surface area contributed by atoms with E-state index in [1.165, 1.54) is 11.1 Å². The van der Waals surface area contributed by atoms with Gasteiger partial charge in [-0.3, -0.25) is 0 Å².